The van der Waals surface area contributed by atoms with Gasteiger partial charge < -0.3 is 15.3 Å². The number of hydrogen-bond acceptors (Lipinski definition) is 3. The third-order valence-corrected chi connectivity index (χ3v) is 3.60. The van der Waals surface area contributed by atoms with E-state index in [0.29, 0.717) is 0 Å². The second-order valence-electron chi connectivity index (χ2n) is 5.22. The quantitative estimate of drug-likeness (QED) is 0.710. The molecule has 0 spiro atoms. The molecule has 1 fully saturated rings. The summed E-state index contributed by atoms with van der Waals surface area (Å²) in [5, 5.41) is 12.2. The molecule has 88 valence electrons. The third kappa shape index (κ3) is 2.92. The highest BCUT2D eigenvalue weighted by Gasteiger charge is 2.37. The molecule has 1 rings (SSSR count). The fraction of sp³-hybridized carbons (Fsp3) is 0.909. The number of aliphatic carboxylic acids is 1. The predicted octanol–water partition coefficient (Wildman–Crippen LogP) is 0.779. The van der Waals surface area contributed by atoms with E-state index in [4.69, 9.17) is 5.11 Å². The van der Waals surface area contributed by atoms with Crippen LogP contribution in [0.3, 0.4) is 0 Å². The van der Waals surface area contributed by atoms with E-state index in [1.165, 1.54) is 0 Å². The van der Waals surface area contributed by atoms with Crippen LogP contribution in [0.4, 0.5) is 0 Å². The van der Waals surface area contributed by atoms with E-state index in [9.17, 15) is 4.79 Å². The van der Waals surface area contributed by atoms with Crippen molar-refractivity contribution in [2.45, 2.75) is 38.3 Å². The van der Waals surface area contributed by atoms with Crippen LogP contribution in [0.25, 0.3) is 0 Å². The minimum atomic E-state index is -0.665. The van der Waals surface area contributed by atoms with E-state index in [-0.39, 0.29) is 17.5 Å². The van der Waals surface area contributed by atoms with Gasteiger partial charge in [-0.15, -0.1) is 0 Å². The van der Waals surface area contributed by atoms with Crippen LogP contribution < -0.4 is 5.32 Å². The van der Waals surface area contributed by atoms with Crippen LogP contribution in [-0.2, 0) is 4.79 Å². The Labute approximate surface area is 91.6 Å². The normalized spacial score (nSPS) is 26.5. The van der Waals surface area contributed by atoms with E-state index >= 15 is 0 Å². The Morgan fingerprint density at radius 2 is 2.07 bits per heavy atom. The molecule has 4 nitrogen and oxygen atoms in total. The zero-order valence-corrected chi connectivity index (χ0v) is 10.1. The topological polar surface area (TPSA) is 52.6 Å². The Kier molecular flexibility index (Phi) is 3.73. The van der Waals surface area contributed by atoms with Crippen molar-refractivity contribution >= 4 is 5.97 Å². The highest BCUT2D eigenvalue weighted by Crippen LogP contribution is 2.27. The number of nitrogens with zero attached hydrogens (tertiary/aromatic N) is 1. The zero-order valence-electron chi connectivity index (χ0n) is 10.1. The molecule has 1 saturated carbocycles. The van der Waals surface area contributed by atoms with Crippen molar-refractivity contribution in [3.8, 4) is 0 Å². The maximum Gasteiger partial charge on any atom is 0.308 e. The lowest BCUT2D eigenvalue weighted by Gasteiger charge is -2.39. The van der Waals surface area contributed by atoms with Crippen LogP contribution in [0, 0.1) is 5.92 Å². The van der Waals surface area contributed by atoms with E-state index in [1.54, 1.807) is 0 Å². The van der Waals surface area contributed by atoms with E-state index in [0.717, 1.165) is 19.4 Å². The maximum atomic E-state index is 10.8. The van der Waals surface area contributed by atoms with Gasteiger partial charge in [-0.05, 0) is 40.8 Å². The first kappa shape index (κ1) is 12.5. The van der Waals surface area contributed by atoms with Gasteiger partial charge in [0.25, 0.3) is 0 Å². The molecule has 0 aromatic rings. The van der Waals surface area contributed by atoms with Gasteiger partial charge in [0.2, 0.25) is 0 Å². The molecule has 0 aromatic heterocycles. The van der Waals surface area contributed by atoms with Crippen molar-refractivity contribution in [3.63, 3.8) is 0 Å². The first-order valence-corrected chi connectivity index (χ1v) is 5.48. The average Bonchev–Trinajstić information content (AvgIpc) is 2.00. The van der Waals surface area contributed by atoms with E-state index in [2.05, 4.69) is 24.1 Å². The summed E-state index contributed by atoms with van der Waals surface area (Å²) < 4.78 is 0. The molecule has 0 heterocycles. The molecule has 2 unspecified atom stereocenters. The van der Waals surface area contributed by atoms with Gasteiger partial charge in [0, 0.05) is 18.1 Å². The highest BCUT2D eigenvalue weighted by molar-refractivity contribution is 5.72. The minimum Gasteiger partial charge on any atom is -0.481 e. The van der Waals surface area contributed by atoms with Crippen molar-refractivity contribution in [2.24, 2.45) is 5.92 Å². The van der Waals surface area contributed by atoms with Crippen LogP contribution in [0.2, 0.25) is 0 Å². The monoisotopic (exact) mass is 214 g/mol. The van der Waals surface area contributed by atoms with Crippen LogP contribution in [-0.4, -0.2) is 48.2 Å². The Bertz CT molecular complexity index is 239. The lowest BCUT2D eigenvalue weighted by Crippen LogP contribution is -2.54. The van der Waals surface area contributed by atoms with Crippen molar-refractivity contribution in [3.05, 3.63) is 0 Å². The van der Waals surface area contributed by atoms with Gasteiger partial charge in [-0.1, -0.05) is 0 Å². The smallest absolute Gasteiger partial charge is 0.308 e. The molecule has 0 aliphatic heterocycles. The molecule has 0 radical (unpaired) electrons. The maximum absolute atomic E-state index is 10.8. The van der Waals surface area contributed by atoms with Crippen LogP contribution in [0.5, 0.6) is 0 Å². The Morgan fingerprint density at radius 3 is 2.40 bits per heavy atom. The standard InChI is InChI=1S/C11H22N2O2/c1-11(2,13(3)4)7-12-9-6-5-8(9)10(14)15/h8-9,12H,5-7H2,1-4H3,(H,14,15). The first-order chi connectivity index (χ1) is 6.84. The number of nitrogens with one attached hydrogen (secondary N) is 1. The Balaban J connectivity index is 2.35. The number of rotatable bonds is 5. The SMILES string of the molecule is CN(C)C(C)(C)CNC1CCC1C(=O)O. The van der Waals surface area contributed by atoms with Gasteiger partial charge in [0.05, 0.1) is 5.92 Å². The fourth-order valence-electron chi connectivity index (χ4n) is 1.58. The Hall–Kier alpha value is -0.610. The van der Waals surface area contributed by atoms with Gasteiger partial charge in [0.1, 0.15) is 0 Å². The molecular weight excluding hydrogens is 192 g/mol. The lowest BCUT2D eigenvalue weighted by molar-refractivity contribution is -0.146. The van der Waals surface area contributed by atoms with Crippen LogP contribution in [0.15, 0.2) is 0 Å². The van der Waals surface area contributed by atoms with Crippen LogP contribution >= 0.6 is 0 Å². The zero-order chi connectivity index (χ0) is 11.6. The summed E-state index contributed by atoms with van der Waals surface area (Å²) in [6, 6.07) is 0.168. The van der Waals surface area contributed by atoms with Gasteiger partial charge in [0.15, 0.2) is 0 Å². The van der Waals surface area contributed by atoms with Gasteiger partial charge in [-0.25, -0.2) is 0 Å². The molecular formula is C11H22N2O2. The van der Waals surface area contributed by atoms with E-state index < -0.39 is 5.97 Å². The number of hydrogen-bond donors (Lipinski definition) is 2. The summed E-state index contributed by atoms with van der Waals surface area (Å²) in [5.74, 6) is -0.843. The largest absolute Gasteiger partial charge is 0.481 e. The number of carbonyl (C=O) groups is 1. The summed E-state index contributed by atoms with van der Waals surface area (Å²) >= 11 is 0. The van der Waals surface area contributed by atoms with Crippen molar-refractivity contribution in [2.75, 3.05) is 20.6 Å². The molecule has 1 aliphatic carbocycles. The second kappa shape index (κ2) is 4.49. The number of carboxylic acids is 1. The molecule has 0 saturated heterocycles. The lowest BCUT2D eigenvalue weighted by atomic mass is 9.79. The first-order valence-electron chi connectivity index (χ1n) is 5.48. The summed E-state index contributed by atoms with van der Waals surface area (Å²) in [5.41, 5.74) is 0.0681. The summed E-state index contributed by atoms with van der Waals surface area (Å²) in [6.45, 7) is 5.12. The summed E-state index contributed by atoms with van der Waals surface area (Å²) in [7, 11) is 4.08. The summed E-state index contributed by atoms with van der Waals surface area (Å²) in [6.07, 6.45) is 1.80. The number of carboxylic acid groups (broad SMARTS) is 1. The van der Waals surface area contributed by atoms with Gasteiger partial charge >= 0.3 is 5.97 Å². The Morgan fingerprint density at radius 1 is 1.47 bits per heavy atom. The molecule has 0 aromatic carbocycles. The van der Waals surface area contributed by atoms with Gasteiger partial charge in [-0.2, -0.15) is 0 Å². The van der Waals surface area contributed by atoms with Crippen molar-refractivity contribution in [1.29, 1.82) is 0 Å². The molecule has 2 N–H and O–H groups in total. The third-order valence-electron chi connectivity index (χ3n) is 3.60. The fourth-order valence-corrected chi connectivity index (χ4v) is 1.58. The second-order valence-corrected chi connectivity index (χ2v) is 5.22. The molecule has 4 heteroatoms. The van der Waals surface area contributed by atoms with Crippen LogP contribution in [0.1, 0.15) is 26.7 Å². The van der Waals surface area contributed by atoms with Crippen molar-refractivity contribution in [1.82, 2.24) is 10.2 Å². The van der Waals surface area contributed by atoms with Gasteiger partial charge in [-0.3, -0.25) is 4.79 Å². The molecule has 1 aliphatic rings. The minimum absolute atomic E-state index is 0.0681. The predicted molar refractivity (Wildman–Crippen MR) is 59.9 cm³/mol. The molecule has 0 amide bonds. The molecule has 0 bridgehead atoms. The molecule has 2 atom stereocenters. The highest BCUT2D eigenvalue weighted by atomic mass is 16.4. The summed E-state index contributed by atoms with van der Waals surface area (Å²) in [4.78, 5) is 12.9. The number of likely N-dealkylation sites (N-methyl/N-ethyl adjacent to an activating group) is 1. The molecule has 15 heavy (non-hydrogen) atoms. The van der Waals surface area contributed by atoms with Crippen molar-refractivity contribution < 1.29 is 9.90 Å². The van der Waals surface area contributed by atoms with E-state index in [1.807, 2.05) is 14.1 Å². The average molecular weight is 214 g/mol.